The molecule has 0 bridgehead atoms. The van der Waals surface area contributed by atoms with Gasteiger partial charge in [-0.1, -0.05) is 17.7 Å². The van der Waals surface area contributed by atoms with E-state index in [0.29, 0.717) is 16.3 Å². The summed E-state index contributed by atoms with van der Waals surface area (Å²) in [5, 5.41) is 5.49. The average Bonchev–Trinajstić information content (AvgIpc) is 2.41. The van der Waals surface area contributed by atoms with Crippen LogP contribution in [0.4, 0.5) is 5.69 Å². The second-order valence-electron chi connectivity index (χ2n) is 4.58. The van der Waals surface area contributed by atoms with Gasteiger partial charge in [0.1, 0.15) is 0 Å². The predicted octanol–water partition coefficient (Wildman–Crippen LogP) is 2.10. The number of rotatable bonds is 4. The van der Waals surface area contributed by atoms with Gasteiger partial charge in [-0.25, -0.2) is 22.0 Å². The van der Waals surface area contributed by atoms with Crippen LogP contribution in [0.25, 0.3) is 0 Å². The molecular weight excluding hydrogens is 348 g/mol. The third-order valence-corrected chi connectivity index (χ3v) is 5.39. The van der Waals surface area contributed by atoms with E-state index in [1.165, 1.54) is 24.3 Å². The molecule has 0 aliphatic carbocycles. The summed E-state index contributed by atoms with van der Waals surface area (Å²) < 4.78 is 49.7. The molecule has 0 saturated carbocycles. The van der Waals surface area contributed by atoms with Crippen LogP contribution in [0.15, 0.2) is 52.3 Å². The summed E-state index contributed by atoms with van der Waals surface area (Å²) in [4.78, 5) is -0.475. The molecule has 3 N–H and O–H groups in total. The zero-order valence-electron chi connectivity index (χ0n) is 11.4. The van der Waals surface area contributed by atoms with Gasteiger partial charge in [-0.15, -0.1) is 0 Å². The second kappa shape index (κ2) is 5.88. The molecule has 9 heteroatoms. The molecule has 0 aliphatic rings. The molecule has 118 valence electrons. The Hall–Kier alpha value is -1.61. The third-order valence-electron chi connectivity index (χ3n) is 2.88. The Labute approximate surface area is 134 Å². The van der Waals surface area contributed by atoms with Gasteiger partial charge in [0.05, 0.1) is 15.5 Å². The highest BCUT2D eigenvalue weighted by atomic mass is 35.5. The number of anilines is 1. The zero-order valence-corrected chi connectivity index (χ0v) is 13.8. The van der Waals surface area contributed by atoms with E-state index in [0.717, 1.165) is 6.07 Å². The largest absolute Gasteiger partial charge is 0.279 e. The van der Waals surface area contributed by atoms with Gasteiger partial charge < -0.3 is 0 Å². The maximum Gasteiger partial charge on any atom is 0.261 e. The molecule has 0 spiro atoms. The van der Waals surface area contributed by atoms with Crippen LogP contribution < -0.4 is 9.86 Å². The lowest BCUT2D eigenvalue weighted by molar-refractivity contribution is 0.597. The fourth-order valence-corrected chi connectivity index (χ4v) is 3.80. The molecule has 0 amide bonds. The number of halogens is 1. The molecular formula is C13H13ClN2O4S2. The van der Waals surface area contributed by atoms with Crippen molar-refractivity contribution >= 4 is 37.3 Å². The summed E-state index contributed by atoms with van der Waals surface area (Å²) in [7, 11) is -7.93. The van der Waals surface area contributed by atoms with E-state index in [4.69, 9.17) is 16.7 Å². The normalized spacial score (nSPS) is 12.1. The quantitative estimate of drug-likeness (QED) is 0.870. The SMILES string of the molecule is Cc1cc(Cl)ccc1NS(=O)(=O)c1cccc(S(N)(=O)=O)c1. The van der Waals surface area contributed by atoms with Crippen molar-refractivity contribution < 1.29 is 16.8 Å². The minimum atomic E-state index is -3.98. The molecule has 0 heterocycles. The van der Waals surface area contributed by atoms with Gasteiger partial charge in [0.15, 0.2) is 0 Å². The molecule has 0 fully saturated rings. The van der Waals surface area contributed by atoms with Gasteiger partial charge in [-0.2, -0.15) is 0 Å². The fourth-order valence-electron chi connectivity index (χ4n) is 1.76. The Morgan fingerprint density at radius 2 is 1.64 bits per heavy atom. The van der Waals surface area contributed by atoms with Crippen LogP contribution in [0.5, 0.6) is 0 Å². The first kappa shape index (κ1) is 16.8. The fraction of sp³-hybridized carbons (Fsp3) is 0.0769. The molecule has 2 aromatic rings. The van der Waals surface area contributed by atoms with Crippen molar-refractivity contribution in [2.75, 3.05) is 4.72 Å². The van der Waals surface area contributed by atoms with E-state index in [-0.39, 0.29) is 9.79 Å². The van der Waals surface area contributed by atoms with Crippen molar-refractivity contribution in [3.8, 4) is 0 Å². The van der Waals surface area contributed by atoms with Crippen LogP contribution in [-0.4, -0.2) is 16.8 Å². The Kier molecular flexibility index (Phi) is 4.48. The van der Waals surface area contributed by atoms with E-state index in [1.807, 2.05) is 0 Å². The number of nitrogens with one attached hydrogen (secondary N) is 1. The number of primary sulfonamides is 1. The Morgan fingerprint density at radius 1 is 1.00 bits per heavy atom. The highest BCUT2D eigenvalue weighted by Gasteiger charge is 2.18. The predicted molar refractivity (Wildman–Crippen MR) is 84.8 cm³/mol. The molecule has 0 radical (unpaired) electrons. The third kappa shape index (κ3) is 3.77. The molecule has 22 heavy (non-hydrogen) atoms. The van der Waals surface area contributed by atoms with Crippen LogP contribution in [0.3, 0.4) is 0 Å². The van der Waals surface area contributed by atoms with E-state index in [1.54, 1.807) is 19.1 Å². The van der Waals surface area contributed by atoms with Crippen LogP contribution in [0.1, 0.15) is 5.56 Å². The number of aryl methyl sites for hydroxylation is 1. The average molecular weight is 361 g/mol. The Balaban J connectivity index is 2.43. The molecule has 2 aromatic carbocycles. The van der Waals surface area contributed by atoms with Gasteiger partial charge in [-0.05, 0) is 48.9 Å². The standard InChI is InChI=1S/C13H13ClN2O4S2/c1-9-7-10(14)5-6-13(9)16-22(19,20)12-4-2-3-11(8-12)21(15,17)18/h2-8,16H,1H3,(H2,15,17,18). The molecule has 0 unspecified atom stereocenters. The van der Waals surface area contributed by atoms with Gasteiger partial charge >= 0.3 is 0 Å². The van der Waals surface area contributed by atoms with E-state index >= 15 is 0 Å². The molecule has 0 aliphatic heterocycles. The number of hydrogen-bond donors (Lipinski definition) is 2. The summed E-state index contributed by atoms with van der Waals surface area (Å²) >= 11 is 5.82. The monoisotopic (exact) mass is 360 g/mol. The lowest BCUT2D eigenvalue weighted by atomic mass is 10.2. The maximum atomic E-state index is 12.3. The van der Waals surface area contributed by atoms with E-state index in [9.17, 15) is 16.8 Å². The second-order valence-corrected chi connectivity index (χ2v) is 8.26. The van der Waals surface area contributed by atoms with Crippen LogP contribution in [0.2, 0.25) is 5.02 Å². The highest BCUT2D eigenvalue weighted by Crippen LogP contribution is 2.23. The summed E-state index contributed by atoms with van der Waals surface area (Å²) in [6.07, 6.45) is 0. The van der Waals surface area contributed by atoms with Crippen molar-refractivity contribution in [2.45, 2.75) is 16.7 Å². The van der Waals surface area contributed by atoms with Crippen molar-refractivity contribution in [1.82, 2.24) is 0 Å². The van der Waals surface area contributed by atoms with Crippen molar-refractivity contribution in [3.05, 3.63) is 53.1 Å². The lowest BCUT2D eigenvalue weighted by Gasteiger charge is -2.11. The van der Waals surface area contributed by atoms with Crippen LogP contribution in [-0.2, 0) is 20.0 Å². The summed E-state index contributed by atoms with van der Waals surface area (Å²) in [5.74, 6) is 0. The first-order chi connectivity index (χ1) is 10.1. The molecule has 0 atom stereocenters. The summed E-state index contributed by atoms with van der Waals surface area (Å²) in [6.45, 7) is 1.70. The van der Waals surface area contributed by atoms with Gasteiger partial charge in [0, 0.05) is 5.02 Å². The molecule has 6 nitrogen and oxygen atoms in total. The minimum Gasteiger partial charge on any atom is -0.279 e. The maximum absolute atomic E-state index is 12.3. The van der Waals surface area contributed by atoms with Crippen molar-refractivity contribution in [3.63, 3.8) is 0 Å². The Bertz CT molecular complexity index is 925. The molecule has 2 rings (SSSR count). The van der Waals surface area contributed by atoms with Crippen LogP contribution in [0, 0.1) is 6.92 Å². The number of sulfonamides is 2. The number of benzene rings is 2. The summed E-state index contributed by atoms with van der Waals surface area (Å²) in [6, 6.07) is 9.50. The summed E-state index contributed by atoms with van der Waals surface area (Å²) in [5.41, 5.74) is 0.990. The number of nitrogens with two attached hydrogens (primary N) is 1. The zero-order chi connectivity index (χ0) is 16.5. The van der Waals surface area contributed by atoms with Crippen molar-refractivity contribution in [1.29, 1.82) is 0 Å². The highest BCUT2D eigenvalue weighted by molar-refractivity contribution is 7.93. The van der Waals surface area contributed by atoms with E-state index < -0.39 is 20.0 Å². The first-order valence-corrected chi connectivity index (χ1v) is 9.42. The topological polar surface area (TPSA) is 106 Å². The Morgan fingerprint density at radius 3 is 2.23 bits per heavy atom. The minimum absolute atomic E-state index is 0.201. The van der Waals surface area contributed by atoms with Gasteiger partial charge in [0.25, 0.3) is 10.0 Å². The van der Waals surface area contributed by atoms with Gasteiger partial charge in [-0.3, -0.25) is 4.72 Å². The first-order valence-electron chi connectivity index (χ1n) is 6.01. The smallest absolute Gasteiger partial charge is 0.261 e. The molecule has 0 aromatic heterocycles. The lowest BCUT2D eigenvalue weighted by Crippen LogP contribution is -2.16. The van der Waals surface area contributed by atoms with Crippen molar-refractivity contribution in [2.24, 2.45) is 5.14 Å². The number of hydrogen-bond acceptors (Lipinski definition) is 4. The molecule has 0 saturated heterocycles. The van der Waals surface area contributed by atoms with E-state index in [2.05, 4.69) is 4.72 Å². The van der Waals surface area contributed by atoms with Crippen LogP contribution >= 0.6 is 11.6 Å². The van der Waals surface area contributed by atoms with Gasteiger partial charge in [0.2, 0.25) is 10.0 Å².